The molecule has 88 valence electrons. The third-order valence-corrected chi connectivity index (χ3v) is 1.84. The van der Waals surface area contributed by atoms with Gasteiger partial charge in [0.1, 0.15) is 11.4 Å². The molecule has 0 aromatic carbocycles. The Morgan fingerprint density at radius 1 is 1.50 bits per heavy atom. The van der Waals surface area contributed by atoms with Crippen molar-refractivity contribution in [2.24, 2.45) is 0 Å². The lowest BCUT2D eigenvalue weighted by Crippen LogP contribution is -2.22. The van der Waals surface area contributed by atoms with E-state index in [9.17, 15) is 9.59 Å². The number of hydrogen-bond donors (Lipinski definition) is 0. The van der Waals surface area contributed by atoms with Crippen molar-refractivity contribution in [2.75, 3.05) is 0 Å². The number of hydrogen-bond acceptors (Lipinski definition) is 4. The highest BCUT2D eigenvalue weighted by Crippen LogP contribution is 2.19. The van der Waals surface area contributed by atoms with Gasteiger partial charge in [0, 0.05) is 5.57 Å². The van der Waals surface area contributed by atoms with Gasteiger partial charge in [0.15, 0.2) is 0 Å². The minimum absolute atomic E-state index is 0.246. The Morgan fingerprint density at radius 2 is 2.12 bits per heavy atom. The van der Waals surface area contributed by atoms with Gasteiger partial charge >= 0.3 is 11.9 Å². The Bertz CT molecular complexity index is 369. The lowest BCUT2D eigenvalue weighted by Gasteiger charge is -2.17. The van der Waals surface area contributed by atoms with Gasteiger partial charge in [0.05, 0.1) is 6.08 Å². The molecule has 0 saturated heterocycles. The van der Waals surface area contributed by atoms with E-state index in [-0.39, 0.29) is 5.76 Å². The van der Waals surface area contributed by atoms with Crippen LogP contribution in [0.3, 0.4) is 0 Å². The number of carbonyl (C=O) groups is 2. The van der Waals surface area contributed by atoms with E-state index in [0.29, 0.717) is 12.0 Å². The maximum atomic E-state index is 11.4. The number of cyclic esters (lactones) is 1. The van der Waals surface area contributed by atoms with Crippen LogP contribution in [0.1, 0.15) is 34.1 Å². The molecular formula is C12H16O4. The van der Waals surface area contributed by atoms with Gasteiger partial charge in [0.2, 0.25) is 0 Å². The maximum absolute atomic E-state index is 11.4. The molecule has 0 radical (unpaired) electrons. The zero-order valence-corrected chi connectivity index (χ0v) is 9.99. The minimum atomic E-state index is -0.548. The molecule has 0 fully saturated rings. The molecule has 0 N–H and O–H groups in total. The first-order chi connectivity index (χ1) is 7.31. The fourth-order valence-corrected chi connectivity index (χ4v) is 1.20. The van der Waals surface area contributed by atoms with Gasteiger partial charge in [-0.15, -0.1) is 0 Å². The molecule has 1 aliphatic rings. The van der Waals surface area contributed by atoms with E-state index in [1.54, 1.807) is 26.8 Å². The smallest absolute Gasteiger partial charge is 0.339 e. The van der Waals surface area contributed by atoms with Crippen molar-refractivity contribution in [1.82, 2.24) is 0 Å². The first kappa shape index (κ1) is 12.5. The summed E-state index contributed by atoms with van der Waals surface area (Å²) < 4.78 is 9.95. The summed E-state index contributed by atoms with van der Waals surface area (Å²) in [5.74, 6) is -0.655. The summed E-state index contributed by atoms with van der Waals surface area (Å²) in [6.45, 7) is 7.18. The summed E-state index contributed by atoms with van der Waals surface area (Å²) in [4.78, 5) is 22.6. The van der Waals surface area contributed by atoms with E-state index in [2.05, 4.69) is 0 Å². The van der Waals surface area contributed by atoms with Crippen LogP contribution in [-0.2, 0) is 19.1 Å². The molecule has 16 heavy (non-hydrogen) atoms. The average Bonchev–Trinajstić information content (AvgIpc) is 2.42. The van der Waals surface area contributed by atoms with Gasteiger partial charge in [-0.2, -0.15) is 0 Å². The second-order valence-electron chi connectivity index (χ2n) is 4.49. The van der Waals surface area contributed by atoms with E-state index in [0.717, 1.165) is 0 Å². The fraction of sp³-hybridized carbons (Fsp3) is 0.500. The minimum Gasteiger partial charge on any atom is -0.457 e. The Balaban J connectivity index is 2.70. The lowest BCUT2D eigenvalue weighted by atomic mass is 10.2. The topological polar surface area (TPSA) is 52.6 Å². The van der Waals surface area contributed by atoms with Crippen LogP contribution in [-0.4, -0.2) is 17.5 Å². The predicted octanol–water partition coefficient (Wildman–Crippen LogP) is 2.11. The molecule has 0 aliphatic carbocycles. The van der Waals surface area contributed by atoms with Crippen molar-refractivity contribution < 1.29 is 19.1 Å². The van der Waals surface area contributed by atoms with E-state index in [1.165, 1.54) is 6.08 Å². The van der Waals surface area contributed by atoms with Crippen LogP contribution < -0.4 is 0 Å². The van der Waals surface area contributed by atoms with Crippen molar-refractivity contribution in [3.05, 3.63) is 23.5 Å². The first-order valence-corrected chi connectivity index (χ1v) is 5.19. The number of ether oxygens (including phenoxy) is 2. The molecule has 1 aliphatic heterocycles. The highest BCUT2D eigenvalue weighted by atomic mass is 16.6. The summed E-state index contributed by atoms with van der Waals surface area (Å²) in [5, 5.41) is 0. The van der Waals surface area contributed by atoms with Crippen molar-refractivity contribution in [3.8, 4) is 0 Å². The number of esters is 2. The molecule has 1 heterocycles. The normalized spacial score (nSPS) is 18.4. The van der Waals surface area contributed by atoms with Crippen molar-refractivity contribution in [3.63, 3.8) is 0 Å². The van der Waals surface area contributed by atoms with Crippen molar-refractivity contribution >= 4 is 11.9 Å². The zero-order chi connectivity index (χ0) is 12.3. The number of allylic oxidation sites excluding steroid dienone is 1. The van der Waals surface area contributed by atoms with E-state index in [4.69, 9.17) is 9.47 Å². The van der Waals surface area contributed by atoms with E-state index < -0.39 is 17.5 Å². The molecule has 1 rings (SSSR count). The highest BCUT2D eigenvalue weighted by Gasteiger charge is 2.21. The van der Waals surface area contributed by atoms with Gasteiger partial charge in [-0.05, 0) is 33.3 Å². The van der Waals surface area contributed by atoms with E-state index in [1.807, 2.05) is 6.92 Å². The van der Waals surface area contributed by atoms with Gasteiger partial charge < -0.3 is 9.47 Å². The molecule has 0 spiro atoms. The summed E-state index contributed by atoms with van der Waals surface area (Å²) in [5.41, 5.74) is 0.0171. The van der Waals surface area contributed by atoms with Crippen LogP contribution in [0, 0.1) is 0 Å². The largest absolute Gasteiger partial charge is 0.457 e. The standard InChI is InChI=1S/C12H16O4/c1-5-8-6-9(15-11(8)14)7-10(13)16-12(2,3)4/h6-7H,5H2,1-4H3. The van der Waals surface area contributed by atoms with E-state index >= 15 is 0 Å². The Labute approximate surface area is 94.9 Å². The van der Waals surface area contributed by atoms with Crippen LogP contribution in [0.5, 0.6) is 0 Å². The molecule has 4 nitrogen and oxygen atoms in total. The monoisotopic (exact) mass is 224 g/mol. The molecule has 0 saturated carbocycles. The molecule has 0 atom stereocenters. The van der Waals surface area contributed by atoms with Gasteiger partial charge in [-0.1, -0.05) is 6.92 Å². The summed E-state index contributed by atoms with van der Waals surface area (Å²) in [6.07, 6.45) is 3.34. The Hall–Kier alpha value is -1.58. The fourth-order valence-electron chi connectivity index (χ4n) is 1.20. The van der Waals surface area contributed by atoms with Crippen LogP contribution in [0.15, 0.2) is 23.5 Å². The number of carbonyl (C=O) groups excluding carboxylic acids is 2. The highest BCUT2D eigenvalue weighted by molar-refractivity contribution is 5.94. The van der Waals surface area contributed by atoms with Crippen LogP contribution in [0.2, 0.25) is 0 Å². The molecule has 0 aromatic rings. The first-order valence-electron chi connectivity index (χ1n) is 5.19. The SMILES string of the molecule is CCC1=CC(=CC(=O)OC(C)(C)C)OC1=O. The average molecular weight is 224 g/mol. The lowest BCUT2D eigenvalue weighted by molar-refractivity contribution is -0.148. The molecule has 4 heteroatoms. The molecule has 0 amide bonds. The van der Waals surface area contributed by atoms with Gasteiger partial charge in [-0.25, -0.2) is 9.59 Å². The molecular weight excluding hydrogens is 208 g/mol. The van der Waals surface area contributed by atoms with Gasteiger partial charge in [0.25, 0.3) is 0 Å². The van der Waals surface area contributed by atoms with Crippen LogP contribution in [0.4, 0.5) is 0 Å². The summed E-state index contributed by atoms with van der Waals surface area (Å²) in [7, 11) is 0. The second-order valence-corrected chi connectivity index (χ2v) is 4.49. The molecule has 0 unspecified atom stereocenters. The van der Waals surface area contributed by atoms with Crippen molar-refractivity contribution in [2.45, 2.75) is 39.7 Å². The predicted molar refractivity (Wildman–Crippen MR) is 58.4 cm³/mol. The summed E-state index contributed by atoms with van der Waals surface area (Å²) >= 11 is 0. The summed E-state index contributed by atoms with van der Waals surface area (Å²) in [6, 6.07) is 0. The zero-order valence-electron chi connectivity index (χ0n) is 9.99. The van der Waals surface area contributed by atoms with Crippen LogP contribution >= 0.6 is 0 Å². The van der Waals surface area contributed by atoms with Crippen molar-refractivity contribution in [1.29, 1.82) is 0 Å². The Morgan fingerprint density at radius 3 is 2.56 bits per heavy atom. The van der Waals surface area contributed by atoms with Gasteiger partial charge in [-0.3, -0.25) is 0 Å². The Kier molecular flexibility index (Phi) is 3.52. The quantitative estimate of drug-likeness (QED) is 0.532. The third kappa shape index (κ3) is 3.53. The molecule has 0 bridgehead atoms. The third-order valence-electron chi connectivity index (χ3n) is 1.84. The molecule has 0 aromatic heterocycles. The van der Waals surface area contributed by atoms with Crippen LogP contribution in [0.25, 0.3) is 0 Å². The number of rotatable bonds is 2. The second kappa shape index (κ2) is 4.51. The maximum Gasteiger partial charge on any atom is 0.339 e.